The molecule has 2 aromatic carbocycles. The van der Waals surface area contributed by atoms with Gasteiger partial charge in [-0.25, -0.2) is 13.1 Å². The van der Waals surface area contributed by atoms with Gasteiger partial charge in [-0.15, -0.1) is 0 Å². The number of nitrogens with zero attached hydrogens (tertiary/aromatic N) is 2. The Kier molecular flexibility index (Phi) is 4.25. The van der Waals surface area contributed by atoms with E-state index in [0.717, 1.165) is 22.2 Å². The Balaban J connectivity index is 1.77. The zero-order chi connectivity index (χ0) is 19.3. The van der Waals surface area contributed by atoms with Crippen molar-refractivity contribution in [1.29, 1.82) is 0 Å². The maximum Gasteiger partial charge on any atom is 0.276 e. The topological polar surface area (TPSA) is 71.4 Å². The third kappa shape index (κ3) is 2.74. The largest absolute Gasteiger partial charge is 0.338 e. The molecule has 0 fully saturated rings. The molecular weight excluding hydrogens is 386 g/mol. The highest BCUT2D eigenvalue weighted by atomic mass is 35.5. The molecule has 0 unspecified atom stereocenters. The van der Waals surface area contributed by atoms with Crippen LogP contribution in [0.1, 0.15) is 16.1 Å². The number of anilines is 1. The predicted molar refractivity (Wildman–Crippen MR) is 106 cm³/mol. The van der Waals surface area contributed by atoms with Gasteiger partial charge in [-0.3, -0.25) is 4.79 Å². The van der Waals surface area contributed by atoms with Gasteiger partial charge >= 0.3 is 0 Å². The van der Waals surface area contributed by atoms with E-state index in [9.17, 15) is 13.2 Å². The summed E-state index contributed by atoms with van der Waals surface area (Å²) in [6.45, 7) is 0.481. The molecule has 27 heavy (non-hydrogen) atoms. The van der Waals surface area contributed by atoms with Crippen molar-refractivity contribution in [2.75, 3.05) is 18.5 Å². The summed E-state index contributed by atoms with van der Waals surface area (Å²) in [5.74, 6) is -0.193. The fourth-order valence-electron chi connectivity index (χ4n) is 3.59. The minimum atomic E-state index is -3.52. The number of carbonyl (C=O) groups is 1. The fraction of sp³-hybridized carbons (Fsp3) is 0.211. The second-order valence-electron chi connectivity index (χ2n) is 6.44. The number of amides is 1. The van der Waals surface area contributed by atoms with E-state index in [2.05, 4.69) is 4.72 Å². The van der Waals surface area contributed by atoms with Gasteiger partial charge in [0.05, 0.1) is 9.92 Å². The number of halogens is 1. The van der Waals surface area contributed by atoms with Crippen LogP contribution in [0.2, 0.25) is 5.02 Å². The Hall–Kier alpha value is -2.35. The van der Waals surface area contributed by atoms with Crippen molar-refractivity contribution in [1.82, 2.24) is 9.29 Å². The SMILES string of the molecule is CNS(=O)(=O)c1ccc2c(c1)CCN2C(=O)c1c(Cl)c2ccccc2n1C. The molecule has 0 saturated carbocycles. The van der Waals surface area contributed by atoms with E-state index < -0.39 is 10.0 Å². The Morgan fingerprint density at radius 3 is 2.63 bits per heavy atom. The van der Waals surface area contributed by atoms with Gasteiger partial charge < -0.3 is 9.47 Å². The van der Waals surface area contributed by atoms with Crippen LogP contribution < -0.4 is 9.62 Å². The molecule has 0 bridgehead atoms. The molecule has 1 N–H and O–H groups in total. The highest BCUT2D eigenvalue weighted by Crippen LogP contribution is 2.35. The molecule has 6 nitrogen and oxygen atoms in total. The van der Waals surface area contributed by atoms with Crippen LogP contribution in [0.3, 0.4) is 0 Å². The van der Waals surface area contributed by atoms with Gasteiger partial charge in [-0.05, 0) is 43.3 Å². The number of carbonyl (C=O) groups excluding carboxylic acids is 1. The van der Waals surface area contributed by atoms with Crippen LogP contribution in [0, 0.1) is 0 Å². The van der Waals surface area contributed by atoms with Gasteiger partial charge in [0.2, 0.25) is 10.0 Å². The van der Waals surface area contributed by atoms with Crippen LogP contribution in [-0.4, -0.2) is 32.5 Å². The van der Waals surface area contributed by atoms with Crippen LogP contribution in [0.15, 0.2) is 47.4 Å². The van der Waals surface area contributed by atoms with E-state index in [1.807, 2.05) is 31.3 Å². The second-order valence-corrected chi connectivity index (χ2v) is 8.71. The number of nitrogens with one attached hydrogen (secondary N) is 1. The molecule has 140 valence electrons. The summed E-state index contributed by atoms with van der Waals surface area (Å²) in [5.41, 5.74) is 2.87. The molecule has 0 spiro atoms. The minimum absolute atomic E-state index is 0.193. The maximum absolute atomic E-state index is 13.2. The van der Waals surface area contributed by atoms with E-state index in [1.165, 1.54) is 13.1 Å². The summed E-state index contributed by atoms with van der Waals surface area (Å²) in [5, 5.41) is 1.26. The first-order chi connectivity index (χ1) is 12.8. The van der Waals surface area contributed by atoms with Crippen molar-refractivity contribution < 1.29 is 13.2 Å². The minimum Gasteiger partial charge on any atom is -0.338 e. The van der Waals surface area contributed by atoms with Crippen LogP contribution in [-0.2, 0) is 23.5 Å². The Morgan fingerprint density at radius 1 is 1.19 bits per heavy atom. The van der Waals surface area contributed by atoms with E-state index >= 15 is 0 Å². The van der Waals surface area contributed by atoms with Gasteiger partial charge in [-0.1, -0.05) is 29.8 Å². The number of rotatable bonds is 3. The smallest absolute Gasteiger partial charge is 0.276 e. The molecule has 1 aliphatic rings. The van der Waals surface area contributed by atoms with Gasteiger partial charge in [-0.2, -0.15) is 0 Å². The van der Waals surface area contributed by atoms with Crippen LogP contribution in [0.4, 0.5) is 5.69 Å². The molecular formula is C19H18ClN3O3S. The van der Waals surface area contributed by atoms with Crippen LogP contribution in [0.25, 0.3) is 10.9 Å². The van der Waals surface area contributed by atoms with Crippen molar-refractivity contribution in [2.24, 2.45) is 7.05 Å². The maximum atomic E-state index is 13.2. The first-order valence-corrected chi connectivity index (χ1v) is 10.3. The first-order valence-electron chi connectivity index (χ1n) is 8.46. The number of para-hydroxylation sites is 1. The van der Waals surface area contributed by atoms with Crippen LogP contribution in [0.5, 0.6) is 0 Å². The zero-order valence-electron chi connectivity index (χ0n) is 14.9. The summed E-state index contributed by atoms with van der Waals surface area (Å²) in [4.78, 5) is 15.1. The zero-order valence-corrected chi connectivity index (χ0v) is 16.4. The van der Waals surface area contributed by atoms with Crippen molar-refractivity contribution in [3.05, 3.63) is 58.7 Å². The lowest BCUT2D eigenvalue weighted by molar-refractivity contribution is 0.0982. The third-order valence-corrected chi connectivity index (χ3v) is 6.81. The highest BCUT2D eigenvalue weighted by molar-refractivity contribution is 7.89. The van der Waals surface area contributed by atoms with Crippen LogP contribution >= 0.6 is 11.6 Å². The number of sulfonamides is 1. The third-order valence-electron chi connectivity index (χ3n) is 5.02. The molecule has 1 amide bonds. The number of hydrogen-bond acceptors (Lipinski definition) is 3. The summed E-state index contributed by atoms with van der Waals surface area (Å²) < 4.78 is 28.1. The summed E-state index contributed by atoms with van der Waals surface area (Å²) in [6.07, 6.45) is 0.593. The molecule has 0 radical (unpaired) electrons. The Morgan fingerprint density at radius 2 is 1.93 bits per heavy atom. The predicted octanol–water partition coefficient (Wildman–Crippen LogP) is 2.94. The van der Waals surface area contributed by atoms with Crippen molar-refractivity contribution in [3.63, 3.8) is 0 Å². The number of hydrogen-bond donors (Lipinski definition) is 1. The average molecular weight is 404 g/mol. The summed E-state index contributed by atoms with van der Waals surface area (Å²) in [7, 11) is -0.323. The molecule has 0 aliphatic carbocycles. The molecule has 1 aliphatic heterocycles. The monoisotopic (exact) mass is 403 g/mol. The summed E-state index contributed by atoms with van der Waals surface area (Å²) in [6, 6.07) is 12.4. The van der Waals surface area contributed by atoms with Gasteiger partial charge in [0, 0.05) is 30.2 Å². The first kappa shape index (κ1) is 18.0. The normalized spacial score (nSPS) is 14.0. The van der Waals surface area contributed by atoms with Crippen molar-refractivity contribution in [3.8, 4) is 0 Å². The molecule has 4 rings (SSSR count). The van der Waals surface area contributed by atoms with Gasteiger partial charge in [0.15, 0.2) is 0 Å². The number of benzene rings is 2. The lowest BCUT2D eigenvalue weighted by Crippen LogP contribution is -2.30. The standard InChI is InChI=1S/C19H18ClN3O3S/c1-21-27(25,26)13-7-8-15-12(11-13)9-10-23(15)19(24)18-17(20)14-5-3-4-6-16(14)22(18)2/h3-8,11,21H,9-10H2,1-2H3. The van der Waals surface area contributed by atoms with Gasteiger partial charge in [0.1, 0.15) is 5.69 Å². The lowest BCUT2D eigenvalue weighted by Gasteiger charge is -2.18. The molecule has 2 heterocycles. The molecule has 0 saturated heterocycles. The quantitative estimate of drug-likeness (QED) is 0.730. The number of fused-ring (bicyclic) bond motifs is 2. The molecule has 0 atom stereocenters. The number of aromatic nitrogens is 1. The van der Waals surface area contributed by atoms with E-state index in [0.29, 0.717) is 23.7 Å². The Labute approximate surface area is 162 Å². The highest BCUT2D eigenvalue weighted by Gasteiger charge is 2.30. The fourth-order valence-corrected chi connectivity index (χ4v) is 4.73. The van der Waals surface area contributed by atoms with E-state index in [4.69, 9.17) is 11.6 Å². The van der Waals surface area contributed by atoms with Crippen molar-refractivity contribution >= 4 is 44.1 Å². The summed E-state index contributed by atoms with van der Waals surface area (Å²) >= 11 is 6.51. The Bertz CT molecular complexity index is 1150. The average Bonchev–Trinajstić information content (AvgIpc) is 3.21. The van der Waals surface area contributed by atoms with Gasteiger partial charge in [0.25, 0.3) is 5.91 Å². The van der Waals surface area contributed by atoms with Crippen molar-refractivity contribution in [2.45, 2.75) is 11.3 Å². The lowest BCUT2D eigenvalue weighted by atomic mass is 10.2. The molecule has 1 aromatic heterocycles. The second kappa shape index (κ2) is 6.37. The molecule has 3 aromatic rings. The van der Waals surface area contributed by atoms with E-state index in [1.54, 1.807) is 21.6 Å². The number of aryl methyl sites for hydroxylation is 1. The molecule has 8 heteroatoms. The van der Waals surface area contributed by atoms with E-state index in [-0.39, 0.29) is 10.8 Å².